The van der Waals surface area contributed by atoms with Gasteiger partial charge in [0.05, 0.1) is 6.04 Å². The third-order valence-corrected chi connectivity index (χ3v) is 1.88. The van der Waals surface area contributed by atoms with Crippen molar-refractivity contribution in [3.63, 3.8) is 0 Å². The number of rotatable bonds is 5. The standard InChI is InChI=1S/C10H16F3N/c1-4-8(2)14-9(3)6-5-7-10(11,12)13/h1,8-9,14H,5-7H2,2-3H3. The second kappa shape index (κ2) is 5.92. The quantitative estimate of drug-likeness (QED) is 0.683. The minimum Gasteiger partial charge on any atom is -0.301 e. The largest absolute Gasteiger partial charge is 0.389 e. The maximum atomic E-state index is 11.8. The molecule has 0 amide bonds. The lowest BCUT2D eigenvalue weighted by atomic mass is 10.1. The average molecular weight is 207 g/mol. The molecule has 4 heteroatoms. The molecule has 82 valence electrons. The highest BCUT2D eigenvalue weighted by Gasteiger charge is 2.26. The van der Waals surface area contributed by atoms with Crippen LogP contribution in [-0.2, 0) is 0 Å². The molecule has 0 rings (SSSR count). The van der Waals surface area contributed by atoms with Gasteiger partial charge < -0.3 is 5.32 Å². The molecule has 14 heavy (non-hydrogen) atoms. The van der Waals surface area contributed by atoms with E-state index in [0.29, 0.717) is 6.42 Å². The van der Waals surface area contributed by atoms with Gasteiger partial charge in [-0.15, -0.1) is 6.42 Å². The Morgan fingerprint density at radius 2 is 1.93 bits per heavy atom. The van der Waals surface area contributed by atoms with Crippen molar-refractivity contribution >= 4 is 0 Å². The van der Waals surface area contributed by atoms with Crippen LogP contribution >= 0.6 is 0 Å². The van der Waals surface area contributed by atoms with Crippen molar-refractivity contribution in [3.05, 3.63) is 0 Å². The van der Waals surface area contributed by atoms with Crippen molar-refractivity contribution in [2.75, 3.05) is 0 Å². The summed E-state index contributed by atoms with van der Waals surface area (Å²) in [5.74, 6) is 2.47. The maximum Gasteiger partial charge on any atom is 0.389 e. The molecule has 2 atom stereocenters. The zero-order chi connectivity index (χ0) is 11.2. The predicted molar refractivity (Wildman–Crippen MR) is 50.8 cm³/mol. The zero-order valence-corrected chi connectivity index (χ0v) is 8.49. The Balaban J connectivity index is 3.56. The van der Waals surface area contributed by atoms with Crippen LogP contribution in [0, 0.1) is 12.3 Å². The van der Waals surface area contributed by atoms with Crippen molar-refractivity contribution in [2.45, 2.75) is 51.4 Å². The van der Waals surface area contributed by atoms with Crippen LogP contribution in [0.2, 0.25) is 0 Å². The topological polar surface area (TPSA) is 12.0 Å². The van der Waals surface area contributed by atoms with Gasteiger partial charge in [0.25, 0.3) is 0 Å². The van der Waals surface area contributed by atoms with Crippen LogP contribution in [0.5, 0.6) is 0 Å². The minimum absolute atomic E-state index is 0.0309. The molecule has 0 spiro atoms. The van der Waals surface area contributed by atoms with E-state index in [1.54, 1.807) is 6.92 Å². The third-order valence-electron chi connectivity index (χ3n) is 1.88. The van der Waals surface area contributed by atoms with Crippen LogP contribution in [0.1, 0.15) is 33.1 Å². The van der Waals surface area contributed by atoms with Gasteiger partial charge in [-0.3, -0.25) is 0 Å². The van der Waals surface area contributed by atoms with Crippen molar-refractivity contribution in [2.24, 2.45) is 0 Å². The number of terminal acetylenes is 1. The fraction of sp³-hybridized carbons (Fsp3) is 0.800. The summed E-state index contributed by atoms with van der Waals surface area (Å²) in [5, 5.41) is 3.01. The first kappa shape index (κ1) is 13.3. The highest BCUT2D eigenvalue weighted by Crippen LogP contribution is 2.22. The third kappa shape index (κ3) is 7.93. The SMILES string of the molecule is C#CC(C)NC(C)CCCC(F)(F)F. The van der Waals surface area contributed by atoms with Crippen LogP contribution < -0.4 is 5.32 Å². The van der Waals surface area contributed by atoms with Crippen molar-refractivity contribution in [1.82, 2.24) is 5.32 Å². The summed E-state index contributed by atoms with van der Waals surface area (Å²) >= 11 is 0. The van der Waals surface area contributed by atoms with E-state index >= 15 is 0 Å². The van der Waals surface area contributed by atoms with Gasteiger partial charge in [-0.2, -0.15) is 13.2 Å². The van der Waals surface area contributed by atoms with E-state index in [2.05, 4.69) is 11.2 Å². The molecule has 0 radical (unpaired) electrons. The number of halogens is 3. The van der Waals surface area contributed by atoms with Gasteiger partial charge >= 0.3 is 6.18 Å². The van der Waals surface area contributed by atoms with Crippen LogP contribution in [0.25, 0.3) is 0 Å². The molecule has 0 aromatic carbocycles. The molecule has 0 aliphatic rings. The molecule has 2 unspecified atom stereocenters. The van der Waals surface area contributed by atoms with E-state index in [-0.39, 0.29) is 18.5 Å². The van der Waals surface area contributed by atoms with Gasteiger partial charge in [0.2, 0.25) is 0 Å². The number of hydrogen-bond donors (Lipinski definition) is 1. The van der Waals surface area contributed by atoms with Gasteiger partial charge in [0.15, 0.2) is 0 Å². The van der Waals surface area contributed by atoms with Crippen molar-refractivity contribution in [3.8, 4) is 12.3 Å². The lowest BCUT2D eigenvalue weighted by Gasteiger charge is -2.16. The zero-order valence-electron chi connectivity index (χ0n) is 8.49. The van der Waals surface area contributed by atoms with E-state index in [4.69, 9.17) is 6.42 Å². The van der Waals surface area contributed by atoms with Crippen LogP contribution in [0.3, 0.4) is 0 Å². The minimum atomic E-state index is -4.04. The first-order chi connectivity index (χ1) is 6.35. The molecule has 0 aliphatic heterocycles. The molecule has 0 bridgehead atoms. The molecule has 0 heterocycles. The Labute approximate surface area is 83.1 Å². The number of nitrogens with one attached hydrogen (secondary N) is 1. The van der Waals surface area contributed by atoms with Crippen LogP contribution in [-0.4, -0.2) is 18.3 Å². The second-order valence-electron chi connectivity index (χ2n) is 3.46. The Kier molecular flexibility index (Phi) is 5.63. The van der Waals surface area contributed by atoms with E-state index in [0.717, 1.165) is 0 Å². The summed E-state index contributed by atoms with van der Waals surface area (Å²) in [6.45, 7) is 3.64. The van der Waals surface area contributed by atoms with Crippen molar-refractivity contribution in [1.29, 1.82) is 0 Å². The Morgan fingerprint density at radius 3 is 2.36 bits per heavy atom. The fourth-order valence-electron chi connectivity index (χ4n) is 1.17. The van der Waals surface area contributed by atoms with Gasteiger partial charge in [-0.1, -0.05) is 5.92 Å². The Hall–Kier alpha value is -0.690. The fourth-order valence-corrected chi connectivity index (χ4v) is 1.17. The van der Waals surface area contributed by atoms with Crippen LogP contribution in [0.15, 0.2) is 0 Å². The summed E-state index contributed by atoms with van der Waals surface area (Å²) in [4.78, 5) is 0. The highest BCUT2D eigenvalue weighted by atomic mass is 19.4. The summed E-state index contributed by atoms with van der Waals surface area (Å²) in [6.07, 6.45) is 1.00. The first-order valence-corrected chi connectivity index (χ1v) is 4.64. The monoisotopic (exact) mass is 207 g/mol. The average Bonchev–Trinajstić information content (AvgIpc) is 2.01. The normalized spacial score (nSPS) is 16.0. The number of hydrogen-bond acceptors (Lipinski definition) is 1. The van der Waals surface area contributed by atoms with Crippen molar-refractivity contribution < 1.29 is 13.2 Å². The summed E-state index contributed by atoms with van der Waals surface area (Å²) < 4.78 is 35.3. The molecule has 1 nitrogen and oxygen atoms in total. The molecular formula is C10H16F3N. The predicted octanol–water partition coefficient (Wildman–Crippen LogP) is 2.72. The Morgan fingerprint density at radius 1 is 1.36 bits per heavy atom. The van der Waals surface area contributed by atoms with E-state index in [1.165, 1.54) is 0 Å². The lowest BCUT2D eigenvalue weighted by Crippen LogP contribution is -2.33. The van der Waals surface area contributed by atoms with E-state index in [9.17, 15) is 13.2 Å². The maximum absolute atomic E-state index is 11.8. The van der Waals surface area contributed by atoms with Gasteiger partial charge in [-0.05, 0) is 26.7 Å². The summed E-state index contributed by atoms with van der Waals surface area (Å²) in [6, 6.07) is -0.0562. The molecule has 0 aromatic heterocycles. The molecule has 0 saturated carbocycles. The smallest absolute Gasteiger partial charge is 0.301 e. The molecule has 0 saturated heterocycles. The molecule has 0 fully saturated rings. The summed E-state index contributed by atoms with van der Waals surface area (Å²) in [5.41, 5.74) is 0. The summed E-state index contributed by atoms with van der Waals surface area (Å²) in [7, 11) is 0. The van der Waals surface area contributed by atoms with Crippen LogP contribution in [0.4, 0.5) is 13.2 Å². The Bertz CT molecular complexity index is 193. The first-order valence-electron chi connectivity index (χ1n) is 4.64. The molecule has 0 aromatic rings. The lowest BCUT2D eigenvalue weighted by molar-refractivity contribution is -0.135. The molecule has 1 N–H and O–H groups in total. The number of alkyl halides is 3. The molecular weight excluding hydrogens is 191 g/mol. The van der Waals surface area contributed by atoms with Gasteiger partial charge in [0, 0.05) is 12.5 Å². The van der Waals surface area contributed by atoms with E-state index in [1.807, 2.05) is 6.92 Å². The van der Waals surface area contributed by atoms with Gasteiger partial charge in [0.1, 0.15) is 0 Å². The highest BCUT2D eigenvalue weighted by molar-refractivity contribution is 4.96. The second-order valence-corrected chi connectivity index (χ2v) is 3.46. The van der Waals surface area contributed by atoms with Gasteiger partial charge in [-0.25, -0.2) is 0 Å². The molecule has 0 aliphatic carbocycles. The van der Waals surface area contributed by atoms with E-state index < -0.39 is 12.6 Å².